The first-order valence-electron chi connectivity index (χ1n) is 13.1. The minimum atomic E-state index is -4.62. The monoisotopic (exact) mass is 634 g/mol. The van der Waals surface area contributed by atoms with Gasteiger partial charge in [-0.2, -0.15) is 13.2 Å². The molecule has 0 spiro atoms. The number of carbonyl (C=O) groups is 3. The Morgan fingerprint density at radius 1 is 0.773 bits per heavy atom. The fourth-order valence-electron chi connectivity index (χ4n) is 4.59. The third kappa shape index (κ3) is 6.88. The number of aromatic carboxylic acids is 1. The van der Waals surface area contributed by atoms with Gasteiger partial charge in [-0.1, -0.05) is 72.3 Å². The molecule has 0 saturated heterocycles. The number of amides is 2. The summed E-state index contributed by atoms with van der Waals surface area (Å²) in [6, 6.07) is 27.7. The molecule has 0 fully saturated rings. The zero-order valence-electron chi connectivity index (χ0n) is 22.6. The largest absolute Gasteiger partial charge is 0.478 e. The maximum Gasteiger partial charge on any atom is 0.416 e. The minimum absolute atomic E-state index is 0.00449. The van der Waals surface area contributed by atoms with Gasteiger partial charge in [-0.25, -0.2) is 4.79 Å². The van der Waals surface area contributed by atoms with Gasteiger partial charge in [-0.3, -0.25) is 9.59 Å². The van der Waals surface area contributed by atoms with Gasteiger partial charge in [0.1, 0.15) is 5.25 Å². The highest BCUT2D eigenvalue weighted by Crippen LogP contribution is 2.39. The number of nitrogens with one attached hydrogen (secondary N) is 2. The van der Waals surface area contributed by atoms with Crippen molar-refractivity contribution in [3.8, 4) is 0 Å². The van der Waals surface area contributed by atoms with Crippen molar-refractivity contribution in [3.05, 3.63) is 136 Å². The number of rotatable bonds is 8. The summed E-state index contributed by atoms with van der Waals surface area (Å²) in [6.07, 6.45) is -4.62. The Hall–Kier alpha value is -4.80. The lowest BCUT2D eigenvalue weighted by molar-refractivity contribution is -0.137. The molecule has 1 atom stereocenters. The van der Waals surface area contributed by atoms with Gasteiger partial charge in [0.25, 0.3) is 5.91 Å². The molecule has 0 bridgehead atoms. The van der Waals surface area contributed by atoms with E-state index in [1.165, 1.54) is 12.1 Å². The number of alkyl halides is 3. The number of carbonyl (C=O) groups excluding carboxylic acids is 2. The van der Waals surface area contributed by atoms with Crippen LogP contribution in [0.5, 0.6) is 0 Å². The standard InChI is InChI=1S/C33H22ClF3N2O4S/c34-26-16-15-21(33(35,36)37)17-27(26)39-31(41)29(20-7-2-1-3-8-20)44-23-12-6-11-22(18-23)38-30(40)24-13-4-9-19-10-5-14-25(28(19)24)32(42)43/h1-18,29H,(H,38,40)(H,39,41)(H,42,43). The number of fused-ring (bicyclic) bond motifs is 1. The first-order valence-corrected chi connectivity index (χ1v) is 14.3. The van der Waals surface area contributed by atoms with Gasteiger partial charge in [0.2, 0.25) is 5.91 Å². The van der Waals surface area contributed by atoms with E-state index in [4.69, 9.17) is 11.6 Å². The Morgan fingerprint density at radius 2 is 1.45 bits per heavy atom. The molecule has 222 valence electrons. The van der Waals surface area contributed by atoms with E-state index in [2.05, 4.69) is 10.6 Å². The Bertz CT molecular complexity index is 1880. The van der Waals surface area contributed by atoms with E-state index >= 15 is 0 Å². The number of carboxylic acids is 1. The summed E-state index contributed by atoms with van der Waals surface area (Å²) < 4.78 is 39.9. The van der Waals surface area contributed by atoms with Gasteiger partial charge < -0.3 is 15.7 Å². The molecular weight excluding hydrogens is 613 g/mol. The lowest BCUT2D eigenvalue weighted by Crippen LogP contribution is -2.20. The van der Waals surface area contributed by atoms with Gasteiger partial charge in [0.15, 0.2) is 0 Å². The predicted molar refractivity (Wildman–Crippen MR) is 165 cm³/mol. The second-order valence-electron chi connectivity index (χ2n) is 9.59. The molecule has 5 rings (SSSR count). The van der Waals surface area contributed by atoms with Crippen molar-refractivity contribution in [1.82, 2.24) is 0 Å². The molecule has 11 heteroatoms. The van der Waals surface area contributed by atoms with Gasteiger partial charge >= 0.3 is 12.1 Å². The van der Waals surface area contributed by atoms with Crippen LogP contribution >= 0.6 is 23.4 Å². The van der Waals surface area contributed by atoms with E-state index in [0.717, 1.165) is 30.0 Å². The summed E-state index contributed by atoms with van der Waals surface area (Å²) in [5.74, 6) is -2.29. The van der Waals surface area contributed by atoms with Gasteiger partial charge in [0.05, 0.1) is 21.8 Å². The van der Waals surface area contributed by atoms with E-state index in [1.54, 1.807) is 78.9 Å². The molecule has 0 aliphatic carbocycles. The molecule has 0 aliphatic heterocycles. The zero-order chi connectivity index (χ0) is 31.4. The molecule has 6 nitrogen and oxygen atoms in total. The van der Waals surface area contributed by atoms with Crippen molar-refractivity contribution >= 4 is 63.3 Å². The molecule has 0 heterocycles. The Morgan fingerprint density at radius 3 is 2.14 bits per heavy atom. The van der Waals surface area contributed by atoms with E-state index in [1.807, 2.05) is 0 Å². The highest BCUT2D eigenvalue weighted by molar-refractivity contribution is 8.00. The van der Waals surface area contributed by atoms with Crippen LogP contribution in [0.25, 0.3) is 10.8 Å². The summed E-state index contributed by atoms with van der Waals surface area (Å²) in [5, 5.41) is 15.0. The number of benzene rings is 5. The fourth-order valence-corrected chi connectivity index (χ4v) is 5.83. The van der Waals surface area contributed by atoms with E-state index < -0.39 is 34.8 Å². The lowest BCUT2D eigenvalue weighted by atomic mass is 9.98. The first kappa shape index (κ1) is 30.7. The molecule has 0 radical (unpaired) electrons. The number of thioether (sulfide) groups is 1. The van der Waals surface area contributed by atoms with Crippen molar-refractivity contribution < 1.29 is 32.7 Å². The summed E-state index contributed by atoms with van der Waals surface area (Å²) in [7, 11) is 0. The average molecular weight is 635 g/mol. The molecule has 3 N–H and O–H groups in total. The average Bonchev–Trinajstić information content (AvgIpc) is 3.00. The van der Waals surface area contributed by atoms with Crippen molar-refractivity contribution in [1.29, 1.82) is 0 Å². The number of halogens is 4. The summed E-state index contributed by atoms with van der Waals surface area (Å²) in [4.78, 5) is 39.2. The SMILES string of the molecule is O=C(O)c1cccc2cccc(C(=O)Nc3cccc(SC(C(=O)Nc4cc(C(F)(F)F)ccc4Cl)c4ccccc4)c3)c12. The normalized spacial score (nSPS) is 12.0. The van der Waals surface area contributed by atoms with Crippen LogP contribution in [0, 0.1) is 0 Å². The van der Waals surface area contributed by atoms with E-state index in [9.17, 15) is 32.7 Å². The predicted octanol–water partition coefficient (Wildman–Crippen LogP) is 8.93. The number of hydrogen-bond donors (Lipinski definition) is 3. The third-order valence-electron chi connectivity index (χ3n) is 6.62. The fraction of sp³-hybridized carbons (Fsp3) is 0.0606. The molecule has 2 amide bonds. The van der Waals surface area contributed by atoms with Crippen LogP contribution in [-0.2, 0) is 11.0 Å². The van der Waals surface area contributed by atoms with Gasteiger partial charge in [-0.05, 0) is 59.5 Å². The van der Waals surface area contributed by atoms with Crippen LogP contribution in [-0.4, -0.2) is 22.9 Å². The van der Waals surface area contributed by atoms with Crippen molar-refractivity contribution in [2.24, 2.45) is 0 Å². The summed E-state index contributed by atoms with van der Waals surface area (Å²) >= 11 is 7.25. The second-order valence-corrected chi connectivity index (χ2v) is 11.2. The number of hydrogen-bond acceptors (Lipinski definition) is 4. The third-order valence-corrected chi connectivity index (χ3v) is 8.20. The van der Waals surface area contributed by atoms with E-state index in [-0.39, 0.29) is 21.8 Å². The van der Waals surface area contributed by atoms with Gasteiger partial charge in [-0.15, -0.1) is 11.8 Å². The Labute approximate surface area is 258 Å². The highest BCUT2D eigenvalue weighted by Gasteiger charge is 2.32. The molecule has 0 saturated carbocycles. The topological polar surface area (TPSA) is 95.5 Å². The van der Waals surface area contributed by atoms with Crippen LogP contribution in [0.4, 0.5) is 24.5 Å². The molecule has 5 aromatic carbocycles. The maximum atomic E-state index is 13.5. The molecule has 0 aromatic heterocycles. The summed E-state index contributed by atoms with van der Waals surface area (Å²) in [5.41, 5.74) is 0.0201. The highest BCUT2D eigenvalue weighted by atomic mass is 35.5. The van der Waals surface area contributed by atoms with E-state index in [0.29, 0.717) is 26.9 Å². The van der Waals surface area contributed by atoms with Crippen molar-refractivity contribution in [2.75, 3.05) is 10.6 Å². The lowest BCUT2D eigenvalue weighted by Gasteiger charge is -2.19. The summed E-state index contributed by atoms with van der Waals surface area (Å²) in [6.45, 7) is 0. The number of anilines is 2. The van der Waals surface area contributed by atoms with Crippen LogP contribution in [0.3, 0.4) is 0 Å². The van der Waals surface area contributed by atoms with Crippen molar-refractivity contribution in [3.63, 3.8) is 0 Å². The van der Waals surface area contributed by atoms with Crippen LogP contribution < -0.4 is 10.6 Å². The molecular formula is C33H22ClF3N2O4S. The molecule has 5 aromatic rings. The maximum absolute atomic E-state index is 13.5. The second kappa shape index (κ2) is 12.8. The minimum Gasteiger partial charge on any atom is -0.478 e. The Kier molecular flexibility index (Phi) is 8.93. The van der Waals surface area contributed by atoms with Crippen LogP contribution in [0.15, 0.2) is 114 Å². The number of carboxylic acid groups (broad SMARTS) is 1. The Balaban J connectivity index is 1.41. The zero-order valence-corrected chi connectivity index (χ0v) is 24.1. The van der Waals surface area contributed by atoms with Crippen molar-refractivity contribution in [2.45, 2.75) is 16.3 Å². The molecule has 0 aliphatic rings. The first-order chi connectivity index (χ1) is 21.0. The molecule has 1 unspecified atom stereocenters. The van der Waals surface area contributed by atoms with Gasteiger partial charge in [0, 0.05) is 21.5 Å². The quantitative estimate of drug-likeness (QED) is 0.148. The van der Waals surface area contributed by atoms with Crippen LogP contribution in [0.2, 0.25) is 5.02 Å². The smallest absolute Gasteiger partial charge is 0.416 e. The molecule has 44 heavy (non-hydrogen) atoms. The van der Waals surface area contributed by atoms with Crippen LogP contribution in [0.1, 0.15) is 37.1 Å².